The highest BCUT2D eigenvalue weighted by molar-refractivity contribution is 7.99. The predicted molar refractivity (Wildman–Crippen MR) is 87.7 cm³/mol. The van der Waals surface area contributed by atoms with Crippen molar-refractivity contribution in [3.05, 3.63) is 29.8 Å². The van der Waals surface area contributed by atoms with Gasteiger partial charge in [0.1, 0.15) is 12.4 Å². The summed E-state index contributed by atoms with van der Waals surface area (Å²) in [5.74, 6) is 3.55. The average molecular weight is 294 g/mol. The first-order valence-electron chi connectivity index (χ1n) is 7.61. The van der Waals surface area contributed by atoms with Crippen molar-refractivity contribution < 1.29 is 4.74 Å². The molecule has 0 bridgehead atoms. The van der Waals surface area contributed by atoms with E-state index >= 15 is 0 Å². The van der Waals surface area contributed by atoms with Gasteiger partial charge in [0.15, 0.2) is 0 Å². The Kier molecular flexibility index (Phi) is 7.26. The van der Waals surface area contributed by atoms with Gasteiger partial charge in [-0.25, -0.2) is 0 Å². The van der Waals surface area contributed by atoms with Gasteiger partial charge in [-0.2, -0.15) is 11.8 Å². The molecule has 0 atom stereocenters. The molecule has 0 amide bonds. The summed E-state index contributed by atoms with van der Waals surface area (Å²) in [6, 6.07) is 8.43. The molecule has 1 aliphatic rings. The molecule has 2 rings (SSSR count). The first-order chi connectivity index (χ1) is 9.88. The van der Waals surface area contributed by atoms with Crippen LogP contribution in [0.3, 0.4) is 0 Å². The molecule has 1 fully saturated rings. The summed E-state index contributed by atoms with van der Waals surface area (Å²) < 4.78 is 5.84. The molecule has 1 aliphatic heterocycles. The standard InChI is InChI=1S/C16H26N2OS/c1-2-17-14-15-4-6-16(7-5-15)19-11-9-18-8-3-12-20-13-10-18/h4-7,17H,2-3,8-14H2,1H3. The second kappa shape index (κ2) is 9.27. The molecular weight excluding hydrogens is 268 g/mol. The molecule has 3 nitrogen and oxygen atoms in total. The van der Waals surface area contributed by atoms with Gasteiger partial charge in [-0.05, 0) is 43.0 Å². The van der Waals surface area contributed by atoms with E-state index in [0.717, 1.165) is 32.0 Å². The lowest BCUT2D eigenvalue weighted by atomic mass is 10.2. The lowest BCUT2D eigenvalue weighted by molar-refractivity contribution is 0.219. The first-order valence-corrected chi connectivity index (χ1v) is 8.76. The maximum atomic E-state index is 5.84. The van der Waals surface area contributed by atoms with E-state index in [1.54, 1.807) is 0 Å². The smallest absolute Gasteiger partial charge is 0.119 e. The molecule has 0 aromatic heterocycles. The van der Waals surface area contributed by atoms with Gasteiger partial charge >= 0.3 is 0 Å². The fourth-order valence-electron chi connectivity index (χ4n) is 2.29. The Labute approximate surface area is 127 Å². The number of hydrogen-bond acceptors (Lipinski definition) is 4. The molecule has 1 saturated heterocycles. The van der Waals surface area contributed by atoms with Gasteiger partial charge in [0, 0.05) is 25.4 Å². The Morgan fingerprint density at radius 2 is 2.05 bits per heavy atom. The van der Waals surface area contributed by atoms with Crippen LogP contribution in [-0.2, 0) is 6.54 Å². The highest BCUT2D eigenvalue weighted by atomic mass is 32.2. The van der Waals surface area contributed by atoms with Crippen LogP contribution in [0.25, 0.3) is 0 Å². The van der Waals surface area contributed by atoms with Crippen LogP contribution in [0.2, 0.25) is 0 Å². The third kappa shape index (κ3) is 5.73. The van der Waals surface area contributed by atoms with E-state index in [1.165, 1.54) is 36.6 Å². The summed E-state index contributed by atoms with van der Waals surface area (Å²) in [5.41, 5.74) is 1.31. The Morgan fingerprint density at radius 1 is 1.20 bits per heavy atom. The normalized spacial score (nSPS) is 16.9. The highest BCUT2D eigenvalue weighted by Gasteiger charge is 2.08. The molecule has 0 spiro atoms. The predicted octanol–water partition coefficient (Wildman–Crippen LogP) is 2.61. The largest absolute Gasteiger partial charge is 0.492 e. The number of thioether (sulfide) groups is 1. The lowest BCUT2D eigenvalue weighted by Gasteiger charge is -2.19. The topological polar surface area (TPSA) is 24.5 Å². The van der Waals surface area contributed by atoms with Crippen LogP contribution in [0.1, 0.15) is 18.9 Å². The molecule has 0 radical (unpaired) electrons. The number of nitrogens with one attached hydrogen (secondary N) is 1. The van der Waals surface area contributed by atoms with Crippen molar-refractivity contribution >= 4 is 11.8 Å². The van der Waals surface area contributed by atoms with Crippen molar-refractivity contribution in [2.75, 3.05) is 44.3 Å². The molecule has 1 aromatic carbocycles. The maximum absolute atomic E-state index is 5.84. The maximum Gasteiger partial charge on any atom is 0.119 e. The molecule has 1 aromatic rings. The number of nitrogens with zero attached hydrogens (tertiary/aromatic N) is 1. The van der Waals surface area contributed by atoms with Gasteiger partial charge in [-0.3, -0.25) is 4.90 Å². The van der Waals surface area contributed by atoms with Gasteiger partial charge in [-0.15, -0.1) is 0 Å². The van der Waals surface area contributed by atoms with Crippen molar-refractivity contribution in [2.24, 2.45) is 0 Å². The molecule has 1 heterocycles. The molecule has 112 valence electrons. The van der Waals surface area contributed by atoms with E-state index in [9.17, 15) is 0 Å². The molecular formula is C16H26N2OS. The molecule has 20 heavy (non-hydrogen) atoms. The first kappa shape index (κ1) is 15.7. The van der Waals surface area contributed by atoms with Gasteiger partial charge in [0.2, 0.25) is 0 Å². The Bertz CT molecular complexity index is 361. The van der Waals surface area contributed by atoms with Gasteiger partial charge < -0.3 is 10.1 Å². The SMILES string of the molecule is CCNCc1ccc(OCCN2CCCSCC2)cc1. The minimum atomic E-state index is 0.789. The summed E-state index contributed by atoms with van der Waals surface area (Å²) in [6.07, 6.45) is 1.31. The van der Waals surface area contributed by atoms with E-state index in [2.05, 4.69) is 53.2 Å². The van der Waals surface area contributed by atoms with Crippen molar-refractivity contribution in [3.63, 3.8) is 0 Å². The van der Waals surface area contributed by atoms with E-state index in [0.29, 0.717) is 0 Å². The molecule has 4 heteroatoms. The number of hydrogen-bond donors (Lipinski definition) is 1. The fraction of sp³-hybridized carbons (Fsp3) is 0.625. The summed E-state index contributed by atoms with van der Waals surface area (Å²) >= 11 is 2.07. The molecule has 0 saturated carbocycles. The third-order valence-electron chi connectivity index (χ3n) is 3.49. The quantitative estimate of drug-likeness (QED) is 0.835. The van der Waals surface area contributed by atoms with Crippen molar-refractivity contribution in [1.29, 1.82) is 0 Å². The number of rotatable bonds is 7. The Balaban J connectivity index is 1.68. The molecule has 0 unspecified atom stereocenters. The van der Waals surface area contributed by atoms with E-state index < -0.39 is 0 Å². The van der Waals surface area contributed by atoms with Crippen LogP contribution >= 0.6 is 11.8 Å². The zero-order chi connectivity index (χ0) is 14.0. The van der Waals surface area contributed by atoms with Crippen molar-refractivity contribution in [1.82, 2.24) is 10.2 Å². The molecule has 0 aliphatic carbocycles. The molecule has 1 N–H and O–H groups in total. The lowest BCUT2D eigenvalue weighted by Crippen LogP contribution is -2.30. The summed E-state index contributed by atoms with van der Waals surface area (Å²) in [4.78, 5) is 2.51. The minimum Gasteiger partial charge on any atom is -0.492 e. The summed E-state index contributed by atoms with van der Waals surface area (Å²) in [5, 5.41) is 3.33. The summed E-state index contributed by atoms with van der Waals surface area (Å²) in [6.45, 7) is 8.32. The van der Waals surface area contributed by atoms with Crippen LogP contribution < -0.4 is 10.1 Å². The zero-order valence-electron chi connectivity index (χ0n) is 12.4. The van der Waals surface area contributed by atoms with Crippen LogP contribution in [-0.4, -0.2) is 49.2 Å². The minimum absolute atomic E-state index is 0.789. The average Bonchev–Trinajstić information content (AvgIpc) is 2.75. The van der Waals surface area contributed by atoms with Gasteiger partial charge in [0.05, 0.1) is 0 Å². The van der Waals surface area contributed by atoms with Crippen LogP contribution in [0.15, 0.2) is 24.3 Å². The fourth-order valence-corrected chi connectivity index (χ4v) is 3.21. The van der Waals surface area contributed by atoms with Crippen LogP contribution in [0, 0.1) is 0 Å². The van der Waals surface area contributed by atoms with Crippen LogP contribution in [0.5, 0.6) is 5.75 Å². The van der Waals surface area contributed by atoms with Gasteiger partial charge in [-0.1, -0.05) is 19.1 Å². The summed E-state index contributed by atoms with van der Waals surface area (Å²) in [7, 11) is 0. The number of benzene rings is 1. The number of ether oxygens (including phenoxy) is 1. The van der Waals surface area contributed by atoms with Crippen LogP contribution in [0.4, 0.5) is 0 Å². The Morgan fingerprint density at radius 3 is 2.85 bits per heavy atom. The zero-order valence-corrected chi connectivity index (χ0v) is 13.3. The second-order valence-electron chi connectivity index (χ2n) is 5.08. The third-order valence-corrected chi connectivity index (χ3v) is 4.54. The Hall–Kier alpha value is -0.710. The van der Waals surface area contributed by atoms with Gasteiger partial charge in [0.25, 0.3) is 0 Å². The second-order valence-corrected chi connectivity index (χ2v) is 6.31. The van der Waals surface area contributed by atoms with E-state index in [4.69, 9.17) is 4.74 Å². The monoisotopic (exact) mass is 294 g/mol. The van der Waals surface area contributed by atoms with E-state index in [1.807, 2.05) is 0 Å². The highest BCUT2D eigenvalue weighted by Crippen LogP contribution is 2.13. The van der Waals surface area contributed by atoms with Crippen molar-refractivity contribution in [3.8, 4) is 5.75 Å². The van der Waals surface area contributed by atoms with Crippen molar-refractivity contribution in [2.45, 2.75) is 19.9 Å². The van der Waals surface area contributed by atoms with E-state index in [-0.39, 0.29) is 0 Å².